The Morgan fingerprint density at radius 3 is 2.38 bits per heavy atom. The minimum Gasteiger partial charge on any atom is -0.493 e. The van der Waals surface area contributed by atoms with E-state index in [9.17, 15) is 4.79 Å². The number of nitrogens with one attached hydrogen (secondary N) is 1. The fourth-order valence-electron chi connectivity index (χ4n) is 3.33. The molecule has 3 rings (SSSR count). The van der Waals surface area contributed by atoms with Crippen LogP contribution in [0.25, 0.3) is 0 Å². The van der Waals surface area contributed by atoms with Crippen LogP contribution in [0.3, 0.4) is 0 Å². The first-order chi connectivity index (χ1) is 16.3. The van der Waals surface area contributed by atoms with Crippen LogP contribution in [-0.4, -0.2) is 25.8 Å². The van der Waals surface area contributed by atoms with Gasteiger partial charge < -0.3 is 14.2 Å². The molecule has 0 saturated heterocycles. The van der Waals surface area contributed by atoms with Gasteiger partial charge in [-0.2, -0.15) is 5.10 Å². The summed E-state index contributed by atoms with van der Waals surface area (Å²) < 4.78 is 17.1. The first kappa shape index (κ1) is 24.8. The summed E-state index contributed by atoms with van der Waals surface area (Å²) in [6, 6.07) is 21.3. The van der Waals surface area contributed by atoms with Gasteiger partial charge in [-0.25, -0.2) is 5.43 Å². The number of aryl methyl sites for hydroxylation is 1. The Hall–Kier alpha value is -3.80. The van der Waals surface area contributed by atoms with Crippen LogP contribution in [-0.2, 0) is 16.8 Å². The highest BCUT2D eigenvalue weighted by atomic mass is 16.5. The first-order valence-corrected chi connectivity index (χ1v) is 11.2. The number of nitrogens with zero attached hydrogens (tertiary/aromatic N) is 1. The zero-order chi connectivity index (χ0) is 24.6. The number of benzene rings is 3. The van der Waals surface area contributed by atoms with Gasteiger partial charge in [0.1, 0.15) is 12.4 Å². The van der Waals surface area contributed by atoms with Gasteiger partial charge in [0, 0.05) is 0 Å². The Kier molecular flexibility index (Phi) is 8.30. The highest BCUT2D eigenvalue weighted by Gasteiger charge is 2.19. The van der Waals surface area contributed by atoms with E-state index in [2.05, 4.69) is 37.4 Å². The van der Waals surface area contributed by atoms with Gasteiger partial charge in [0.15, 0.2) is 18.1 Å². The minimum atomic E-state index is -0.341. The van der Waals surface area contributed by atoms with E-state index in [1.54, 1.807) is 19.4 Å². The van der Waals surface area contributed by atoms with Crippen molar-refractivity contribution in [1.82, 2.24) is 5.43 Å². The lowest BCUT2D eigenvalue weighted by Crippen LogP contribution is -2.25. The molecule has 0 radical (unpaired) electrons. The summed E-state index contributed by atoms with van der Waals surface area (Å²) >= 11 is 0. The highest BCUT2D eigenvalue weighted by Crippen LogP contribution is 2.32. The molecular formula is C28H32N2O4. The van der Waals surface area contributed by atoms with Crippen molar-refractivity contribution in [3.05, 3.63) is 89.0 Å². The van der Waals surface area contributed by atoms with Crippen LogP contribution in [0.1, 0.15) is 43.0 Å². The minimum absolute atomic E-state index is 0.0913. The topological polar surface area (TPSA) is 69.2 Å². The van der Waals surface area contributed by atoms with Crippen LogP contribution in [0.5, 0.6) is 17.2 Å². The van der Waals surface area contributed by atoms with Crippen LogP contribution in [0, 0.1) is 6.92 Å². The van der Waals surface area contributed by atoms with Gasteiger partial charge in [-0.15, -0.1) is 0 Å². The number of ether oxygens (including phenoxy) is 3. The van der Waals surface area contributed by atoms with E-state index in [0.717, 1.165) is 22.3 Å². The third-order valence-corrected chi connectivity index (χ3v) is 5.13. The second-order valence-corrected chi connectivity index (χ2v) is 9.02. The van der Waals surface area contributed by atoms with Gasteiger partial charge in [-0.1, -0.05) is 68.8 Å². The largest absolute Gasteiger partial charge is 0.493 e. The third-order valence-electron chi connectivity index (χ3n) is 5.13. The number of carbonyl (C=O) groups is 1. The molecule has 1 amide bonds. The van der Waals surface area contributed by atoms with Crippen molar-refractivity contribution in [3.8, 4) is 17.2 Å². The highest BCUT2D eigenvalue weighted by molar-refractivity contribution is 5.83. The predicted molar refractivity (Wildman–Crippen MR) is 135 cm³/mol. The van der Waals surface area contributed by atoms with Crippen molar-refractivity contribution in [3.63, 3.8) is 0 Å². The van der Waals surface area contributed by atoms with Crippen molar-refractivity contribution >= 4 is 12.1 Å². The van der Waals surface area contributed by atoms with Crippen LogP contribution >= 0.6 is 0 Å². The smallest absolute Gasteiger partial charge is 0.277 e. The van der Waals surface area contributed by atoms with E-state index in [0.29, 0.717) is 23.9 Å². The fraction of sp³-hybridized carbons (Fsp3) is 0.286. The molecule has 34 heavy (non-hydrogen) atoms. The second-order valence-electron chi connectivity index (χ2n) is 9.02. The van der Waals surface area contributed by atoms with Crippen molar-refractivity contribution in [2.45, 2.75) is 39.7 Å². The molecule has 0 aliphatic carbocycles. The SMILES string of the molecule is COc1cc(/C=N/NC(=O)COc2ccc(C)cc2C(C)(C)C)ccc1OCc1ccccc1. The van der Waals surface area contributed by atoms with E-state index >= 15 is 0 Å². The summed E-state index contributed by atoms with van der Waals surface area (Å²) in [6.07, 6.45) is 1.55. The lowest BCUT2D eigenvalue weighted by molar-refractivity contribution is -0.123. The molecule has 0 heterocycles. The van der Waals surface area contributed by atoms with Crippen molar-refractivity contribution in [1.29, 1.82) is 0 Å². The summed E-state index contributed by atoms with van der Waals surface area (Å²) in [4.78, 5) is 12.2. The van der Waals surface area contributed by atoms with Crippen LogP contribution in [0.2, 0.25) is 0 Å². The summed E-state index contributed by atoms with van der Waals surface area (Å²) in [5.41, 5.74) is 6.46. The van der Waals surface area contributed by atoms with Gasteiger partial charge >= 0.3 is 0 Å². The van der Waals surface area contributed by atoms with E-state index in [1.807, 2.05) is 61.5 Å². The number of methoxy groups -OCH3 is 1. The van der Waals surface area contributed by atoms with Crippen molar-refractivity contribution < 1.29 is 19.0 Å². The van der Waals surface area contributed by atoms with Gasteiger partial charge in [0.2, 0.25) is 0 Å². The molecule has 0 atom stereocenters. The maximum Gasteiger partial charge on any atom is 0.277 e. The van der Waals surface area contributed by atoms with E-state index in [4.69, 9.17) is 14.2 Å². The maximum absolute atomic E-state index is 12.2. The van der Waals surface area contributed by atoms with Crippen molar-refractivity contribution in [2.75, 3.05) is 13.7 Å². The number of amides is 1. The average Bonchev–Trinajstić information content (AvgIpc) is 2.82. The molecule has 0 aliphatic heterocycles. The Morgan fingerprint density at radius 1 is 0.941 bits per heavy atom. The Labute approximate surface area is 201 Å². The molecule has 178 valence electrons. The molecule has 0 bridgehead atoms. The number of hydrogen-bond acceptors (Lipinski definition) is 5. The summed E-state index contributed by atoms with van der Waals surface area (Å²) in [5, 5.41) is 4.04. The second kappa shape index (κ2) is 11.4. The lowest BCUT2D eigenvalue weighted by atomic mass is 9.85. The van der Waals surface area contributed by atoms with Gasteiger partial charge in [0.05, 0.1) is 13.3 Å². The Morgan fingerprint density at radius 2 is 1.68 bits per heavy atom. The van der Waals surface area contributed by atoms with Gasteiger partial charge in [-0.3, -0.25) is 4.79 Å². The number of carbonyl (C=O) groups excluding carboxylic acids is 1. The summed E-state index contributed by atoms with van der Waals surface area (Å²) in [5.74, 6) is 1.58. The number of hydrogen-bond donors (Lipinski definition) is 1. The number of hydrazone groups is 1. The Balaban J connectivity index is 1.55. The van der Waals surface area contributed by atoms with Crippen LogP contribution in [0.4, 0.5) is 0 Å². The predicted octanol–water partition coefficient (Wildman–Crippen LogP) is 5.41. The third kappa shape index (κ3) is 7.10. The van der Waals surface area contributed by atoms with Crippen LogP contribution < -0.4 is 19.6 Å². The molecule has 0 saturated carbocycles. The molecule has 0 fully saturated rings. The normalized spacial score (nSPS) is 11.3. The lowest BCUT2D eigenvalue weighted by Gasteiger charge is -2.23. The summed E-state index contributed by atoms with van der Waals surface area (Å²) in [7, 11) is 1.58. The molecule has 0 aliphatic rings. The maximum atomic E-state index is 12.2. The summed E-state index contributed by atoms with van der Waals surface area (Å²) in [6.45, 7) is 8.71. The molecule has 6 nitrogen and oxygen atoms in total. The van der Waals surface area contributed by atoms with E-state index < -0.39 is 0 Å². The van der Waals surface area contributed by atoms with Gasteiger partial charge in [-0.05, 0) is 53.3 Å². The molecule has 6 heteroatoms. The van der Waals surface area contributed by atoms with E-state index in [-0.39, 0.29) is 17.9 Å². The zero-order valence-corrected chi connectivity index (χ0v) is 20.4. The fourth-order valence-corrected chi connectivity index (χ4v) is 3.33. The average molecular weight is 461 g/mol. The Bertz CT molecular complexity index is 1130. The van der Waals surface area contributed by atoms with Gasteiger partial charge in [0.25, 0.3) is 5.91 Å². The monoisotopic (exact) mass is 460 g/mol. The molecule has 3 aromatic rings. The first-order valence-electron chi connectivity index (χ1n) is 11.2. The molecule has 0 spiro atoms. The molecular weight excluding hydrogens is 428 g/mol. The number of rotatable bonds is 9. The standard InChI is InChI=1S/C28H32N2O4/c1-20-11-13-24(23(15-20)28(2,3)4)34-19-27(31)30-29-17-22-12-14-25(26(16-22)32-5)33-18-21-9-7-6-8-10-21/h6-17H,18-19H2,1-5H3,(H,30,31)/b29-17+. The van der Waals surface area contributed by atoms with Crippen LogP contribution in [0.15, 0.2) is 71.8 Å². The molecule has 3 aromatic carbocycles. The van der Waals surface area contributed by atoms with E-state index in [1.165, 1.54) is 0 Å². The van der Waals surface area contributed by atoms with Crippen molar-refractivity contribution in [2.24, 2.45) is 5.10 Å². The zero-order valence-electron chi connectivity index (χ0n) is 20.4. The molecule has 0 aromatic heterocycles. The molecule has 1 N–H and O–H groups in total. The molecule has 0 unspecified atom stereocenters. The quantitative estimate of drug-likeness (QED) is 0.342.